The zero-order chi connectivity index (χ0) is 15.4. The molecule has 0 amide bonds. The highest BCUT2D eigenvalue weighted by molar-refractivity contribution is 9.10. The molecule has 0 unspecified atom stereocenters. The molecule has 0 atom stereocenters. The van der Waals surface area contributed by atoms with Crippen LogP contribution in [0.2, 0.25) is 0 Å². The summed E-state index contributed by atoms with van der Waals surface area (Å²) in [5.41, 5.74) is 5.11. The Morgan fingerprint density at radius 1 is 1.35 bits per heavy atom. The van der Waals surface area contributed by atoms with Crippen LogP contribution < -0.4 is 15.2 Å². The Labute approximate surface area is 129 Å². The minimum absolute atomic E-state index is 0.106. The molecule has 0 fully saturated rings. The zero-order valence-corrected chi connectivity index (χ0v) is 14.3. The Kier molecular flexibility index (Phi) is 6.00. The number of ether oxygens (including phenoxy) is 1. The highest BCUT2D eigenvalue weighted by atomic mass is 79.9. The maximum Gasteiger partial charge on any atom is 0.244 e. The van der Waals surface area contributed by atoms with Crippen LogP contribution >= 0.6 is 15.9 Å². The van der Waals surface area contributed by atoms with Crippen molar-refractivity contribution in [1.82, 2.24) is 4.72 Å². The normalized spacial score (nSPS) is 12.4. The lowest BCUT2D eigenvalue weighted by Crippen LogP contribution is -2.52. The van der Waals surface area contributed by atoms with E-state index in [1.165, 1.54) is 13.2 Å². The van der Waals surface area contributed by atoms with Gasteiger partial charge in [-0.25, -0.2) is 13.1 Å². The molecule has 0 aromatic heterocycles. The second kappa shape index (κ2) is 6.89. The molecule has 0 heterocycles. The molecule has 1 rings (SSSR count). The highest BCUT2D eigenvalue weighted by Gasteiger charge is 2.32. The van der Waals surface area contributed by atoms with Crippen LogP contribution in [0.3, 0.4) is 0 Å². The van der Waals surface area contributed by atoms with Gasteiger partial charge in [0.15, 0.2) is 0 Å². The summed E-state index contributed by atoms with van der Waals surface area (Å²) < 4.78 is 33.7. The third kappa shape index (κ3) is 3.72. The van der Waals surface area contributed by atoms with Crippen LogP contribution in [0.25, 0.3) is 0 Å². The van der Waals surface area contributed by atoms with Crippen molar-refractivity contribution in [2.24, 2.45) is 5.73 Å². The van der Waals surface area contributed by atoms with Gasteiger partial charge in [0.1, 0.15) is 10.6 Å². The lowest BCUT2D eigenvalue weighted by molar-refractivity contribution is 0.360. The molecule has 5 nitrogen and oxygen atoms in total. The summed E-state index contributed by atoms with van der Waals surface area (Å²) in [6.45, 7) is 4.07. The number of nitrogens with two attached hydrogens (primary N) is 1. The first kappa shape index (κ1) is 17.4. The average molecular weight is 365 g/mol. The van der Waals surface area contributed by atoms with Gasteiger partial charge >= 0.3 is 0 Å². The summed E-state index contributed by atoms with van der Waals surface area (Å²) in [5, 5.41) is 0. The van der Waals surface area contributed by atoms with Crippen molar-refractivity contribution in [3.63, 3.8) is 0 Å². The highest BCUT2D eigenvalue weighted by Crippen LogP contribution is 2.29. The fourth-order valence-electron chi connectivity index (χ4n) is 1.93. The van der Waals surface area contributed by atoms with E-state index in [4.69, 9.17) is 10.5 Å². The second-order valence-electron chi connectivity index (χ2n) is 4.59. The third-order valence-corrected chi connectivity index (χ3v) is 5.60. The van der Waals surface area contributed by atoms with E-state index in [0.29, 0.717) is 23.1 Å². The van der Waals surface area contributed by atoms with E-state index in [9.17, 15) is 8.42 Å². The smallest absolute Gasteiger partial charge is 0.244 e. The van der Waals surface area contributed by atoms with Crippen molar-refractivity contribution < 1.29 is 13.2 Å². The van der Waals surface area contributed by atoms with Gasteiger partial charge in [-0.05, 0) is 31.0 Å². The summed E-state index contributed by atoms with van der Waals surface area (Å²) in [4.78, 5) is 0.106. The number of rotatable bonds is 7. The van der Waals surface area contributed by atoms with Gasteiger partial charge in [0.2, 0.25) is 10.0 Å². The predicted octanol–water partition coefficient (Wildman–Crippen LogP) is 2.25. The maximum atomic E-state index is 12.6. The first-order valence-electron chi connectivity index (χ1n) is 6.41. The molecule has 0 aliphatic heterocycles. The van der Waals surface area contributed by atoms with E-state index in [2.05, 4.69) is 20.7 Å². The summed E-state index contributed by atoms with van der Waals surface area (Å²) >= 11 is 3.28. The topological polar surface area (TPSA) is 81.4 Å². The van der Waals surface area contributed by atoms with E-state index in [-0.39, 0.29) is 11.4 Å². The van der Waals surface area contributed by atoms with Gasteiger partial charge in [-0.1, -0.05) is 29.8 Å². The molecule has 0 bridgehead atoms. The number of benzene rings is 1. The minimum Gasteiger partial charge on any atom is -0.495 e. The monoisotopic (exact) mass is 364 g/mol. The molecule has 1 aromatic rings. The molecule has 0 saturated heterocycles. The van der Waals surface area contributed by atoms with Crippen LogP contribution in [0.5, 0.6) is 5.75 Å². The Balaban J connectivity index is 3.27. The Hall–Kier alpha value is -0.630. The minimum atomic E-state index is -3.70. The number of hydrogen-bond donors (Lipinski definition) is 2. The van der Waals surface area contributed by atoms with E-state index >= 15 is 0 Å². The van der Waals surface area contributed by atoms with E-state index in [1.807, 2.05) is 13.8 Å². The molecule has 20 heavy (non-hydrogen) atoms. The van der Waals surface area contributed by atoms with Gasteiger partial charge in [0, 0.05) is 16.6 Å². The van der Waals surface area contributed by atoms with Gasteiger partial charge < -0.3 is 10.5 Å². The number of sulfonamides is 1. The maximum absolute atomic E-state index is 12.6. The lowest BCUT2D eigenvalue weighted by atomic mass is 9.95. The van der Waals surface area contributed by atoms with Crippen molar-refractivity contribution in [2.45, 2.75) is 37.1 Å². The number of nitrogens with one attached hydrogen (secondary N) is 1. The van der Waals surface area contributed by atoms with Gasteiger partial charge in [0.25, 0.3) is 0 Å². The Morgan fingerprint density at radius 3 is 2.40 bits per heavy atom. The van der Waals surface area contributed by atoms with Gasteiger partial charge in [0.05, 0.1) is 7.11 Å². The molecule has 3 N–H and O–H groups in total. The van der Waals surface area contributed by atoms with Crippen LogP contribution in [0.1, 0.15) is 26.7 Å². The standard InChI is InChI=1S/C13H21BrN2O3S/c1-4-13(5-2,9-15)16-20(17,18)12-8-10(14)6-7-11(12)19-3/h6-8,16H,4-5,9,15H2,1-3H3. The summed E-state index contributed by atoms with van der Waals surface area (Å²) in [6, 6.07) is 4.86. The van der Waals surface area contributed by atoms with Crippen molar-refractivity contribution >= 4 is 26.0 Å². The summed E-state index contributed by atoms with van der Waals surface area (Å²) in [5.74, 6) is 0.304. The number of methoxy groups -OCH3 is 1. The third-order valence-electron chi connectivity index (χ3n) is 3.51. The molecule has 114 valence electrons. The quantitative estimate of drug-likeness (QED) is 0.777. The lowest BCUT2D eigenvalue weighted by Gasteiger charge is -2.31. The van der Waals surface area contributed by atoms with Crippen molar-refractivity contribution in [3.8, 4) is 5.75 Å². The molecular formula is C13H21BrN2O3S. The predicted molar refractivity (Wildman–Crippen MR) is 83.4 cm³/mol. The second-order valence-corrected chi connectivity index (χ2v) is 7.16. The molecule has 1 aromatic carbocycles. The van der Waals surface area contributed by atoms with E-state index in [1.54, 1.807) is 12.1 Å². The molecule has 0 spiro atoms. The molecule has 0 aliphatic rings. The molecule has 0 saturated carbocycles. The molecule has 7 heteroatoms. The van der Waals surface area contributed by atoms with Gasteiger partial charge in [-0.3, -0.25) is 0 Å². The van der Waals surface area contributed by atoms with Crippen LogP contribution in [-0.2, 0) is 10.0 Å². The van der Waals surface area contributed by atoms with Gasteiger partial charge in [-0.2, -0.15) is 0 Å². The molecular weight excluding hydrogens is 344 g/mol. The summed E-state index contributed by atoms with van der Waals surface area (Å²) in [6.07, 6.45) is 1.24. The number of halogens is 1. The van der Waals surface area contributed by atoms with E-state index in [0.717, 1.165) is 0 Å². The SMILES string of the molecule is CCC(CC)(CN)NS(=O)(=O)c1cc(Br)ccc1OC. The first-order valence-corrected chi connectivity index (χ1v) is 8.69. The fourth-order valence-corrected chi connectivity index (χ4v) is 4.19. The van der Waals surface area contributed by atoms with Gasteiger partial charge in [-0.15, -0.1) is 0 Å². The molecule has 0 radical (unpaired) electrons. The Morgan fingerprint density at radius 2 is 1.95 bits per heavy atom. The Bertz CT molecular complexity index is 548. The van der Waals surface area contributed by atoms with Crippen LogP contribution in [0, 0.1) is 0 Å². The first-order chi connectivity index (χ1) is 9.34. The van der Waals surface area contributed by atoms with E-state index < -0.39 is 15.6 Å². The zero-order valence-electron chi connectivity index (χ0n) is 11.9. The van der Waals surface area contributed by atoms with Crippen molar-refractivity contribution in [1.29, 1.82) is 0 Å². The van der Waals surface area contributed by atoms with Crippen molar-refractivity contribution in [3.05, 3.63) is 22.7 Å². The molecule has 0 aliphatic carbocycles. The van der Waals surface area contributed by atoms with Crippen LogP contribution in [-0.4, -0.2) is 27.6 Å². The fraction of sp³-hybridized carbons (Fsp3) is 0.538. The summed E-state index contributed by atoms with van der Waals surface area (Å²) in [7, 11) is -2.26. The van der Waals surface area contributed by atoms with Crippen molar-refractivity contribution in [2.75, 3.05) is 13.7 Å². The van der Waals surface area contributed by atoms with Crippen LogP contribution in [0.15, 0.2) is 27.6 Å². The largest absolute Gasteiger partial charge is 0.495 e. The average Bonchev–Trinajstić information content (AvgIpc) is 2.45. The van der Waals surface area contributed by atoms with Crippen LogP contribution in [0.4, 0.5) is 0 Å². The number of hydrogen-bond acceptors (Lipinski definition) is 4.